The highest BCUT2D eigenvalue weighted by Gasteiger charge is 2.12. The van der Waals surface area contributed by atoms with Gasteiger partial charge in [0.25, 0.3) is 0 Å². The zero-order chi connectivity index (χ0) is 28.5. The van der Waals surface area contributed by atoms with Gasteiger partial charge < -0.3 is 9.47 Å². The Morgan fingerprint density at radius 2 is 0.805 bits per heavy atom. The third-order valence-corrected chi connectivity index (χ3v) is 6.53. The minimum Gasteiger partial charge on any atom is -0.465 e. The SMILES string of the molecule is O=C(CC(=O)OCCCc1ccc(/C=C/c2ccccc2)cc1)OCCCc1ccc(/C=C/c2ccccc2)cc1. The van der Waals surface area contributed by atoms with E-state index in [1.807, 2.05) is 36.4 Å². The number of carbonyl (C=O) groups excluding carboxylic acids is 2. The van der Waals surface area contributed by atoms with Crippen LogP contribution in [0.1, 0.15) is 52.6 Å². The zero-order valence-electron chi connectivity index (χ0n) is 23.3. The highest BCUT2D eigenvalue weighted by atomic mass is 16.6. The van der Waals surface area contributed by atoms with E-state index in [0.29, 0.717) is 12.8 Å². The normalized spacial score (nSPS) is 11.1. The van der Waals surface area contributed by atoms with Gasteiger partial charge in [-0.2, -0.15) is 0 Å². The van der Waals surface area contributed by atoms with Crippen LogP contribution < -0.4 is 0 Å². The number of ether oxygens (including phenoxy) is 2. The van der Waals surface area contributed by atoms with Gasteiger partial charge in [-0.1, -0.05) is 133 Å². The molecule has 0 radical (unpaired) electrons. The predicted octanol–water partition coefficient (Wildman–Crippen LogP) is 8.07. The van der Waals surface area contributed by atoms with Gasteiger partial charge in [0, 0.05) is 0 Å². The van der Waals surface area contributed by atoms with Crippen molar-refractivity contribution in [2.24, 2.45) is 0 Å². The van der Waals surface area contributed by atoms with Crippen molar-refractivity contribution in [2.45, 2.75) is 32.1 Å². The van der Waals surface area contributed by atoms with Crippen LogP contribution in [0.15, 0.2) is 109 Å². The lowest BCUT2D eigenvalue weighted by Gasteiger charge is -2.07. The molecule has 0 aromatic heterocycles. The molecule has 0 N–H and O–H groups in total. The van der Waals surface area contributed by atoms with Crippen molar-refractivity contribution < 1.29 is 19.1 Å². The Kier molecular flexibility index (Phi) is 11.7. The lowest BCUT2D eigenvalue weighted by molar-refractivity contribution is -0.154. The van der Waals surface area contributed by atoms with Crippen LogP contribution in [0.3, 0.4) is 0 Å². The van der Waals surface area contributed by atoms with Crippen LogP contribution in [0, 0.1) is 0 Å². The summed E-state index contributed by atoms with van der Waals surface area (Å²) in [6.07, 6.45) is 11.0. The van der Waals surface area contributed by atoms with E-state index < -0.39 is 11.9 Å². The minimum absolute atomic E-state index is 0.276. The van der Waals surface area contributed by atoms with E-state index in [-0.39, 0.29) is 19.6 Å². The summed E-state index contributed by atoms with van der Waals surface area (Å²) in [6, 6.07) is 37.0. The third-order valence-electron chi connectivity index (χ3n) is 6.53. The molecule has 0 atom stereocenters. The summed E-state index contributed by atoms with van der Waals surface area (Å²) < 4.78 is 10.4. The maximum absolute atomic E-state index is 12.0. The van der Waals surface area contributed by atoms with Crippen molar-refractivity contribution in [3.63, 3.8) is 0 Å². The molecular weight excluding hydrogens is 508 g/mol. The molecule has 0 fully saturated rings. The second kappa shape index (κ2) is 16.4. The first-order valence-corrected chi connectivity index (χ1v) is 14.1. The molecular formula is C37H36O4. The van der Waals surface area contributed by atoms with Gasteiger partial charge in [-0.25, -0.2) is 0 Å². The molecule has 0 spiro atoms. The van der Waals surface area contributed by atoms with Gasteiger partial charge in [0.2, 0.25) is 0 Å². The fraction of sp³-hybridized carbons (Fsp3) is 0.189. The van der Waals surface area contributed by atoms with Gasteiger partial charge in [-0.05, 0) is 59.1 Å². The van der Waals surface area contributed by atoms with Crippen molar-refractivity contribution in [3.05, 3.63) is 143 Å². The number of aryl methyl sites for hydroxylation is 2. The minimum atomic E-state index is -0.546. The number of rotatable bonds is 14. The molecule has 0 amide bonds. The standard InChI is InChI=1S/C37H36O4/c38-36(40-27-7-13-32-17-23-34(24-18-32)21-15-30-9-3-1-4-10-30)29-37(39)41-28-8-14-33-19-25-35(26-20-33)22-16-31-11-5-2-6-12-31/h1-6,9-12,15-26H,7-8,13-14,27-29H2/b21-15+,22-16+. The smallest absolute Gasteiger partial charge is 0.317 e. The van der Waals surface area contributed by atoms with E-state index in [1.54, 1.807) is 0 Å². The van der Waals surface area contributed by atoms with Crippen molar-refractivity contribution in [1.29, 1.82) is 0 Å². The van der Waals surface area contributed by atoms with E-state index in [9.17, 15) is 9.59 Å². The van der Waals surface area contributed by atoms with Crippen LogP contribution in [0.5, 0.6) is 0 Å². The average molecular weight is 545 g/mol. The maximum atomic E-state index is 12.0. The van der Waals surface area contributed by atoms with Crippen LogP contribution in [-0.4, -0.2) is 25.2 Å². The Labute approximate surface area is 243 Å². The largest absolute Gasteiger partial charge is 0.465 e. The molecule has 0 aliphatic heterocycles. The van der Waals surface area contributed by atoms with Gasteiger partial charge in [0.05, 0.1) is 13.2 Å². The first kappa shape index (κ1) is 29.3. The van der Waals surface area contributed by atoms with Gasteiger partial charge in [-0.15, -0.1) is 0 Å². The molecule has 4 rings (SSSR count). The van der Waals surface area contributed by atoms with Crippen LogP contribution in [0.2, 0.25) is 0 Å². The monoisotopic (exact) mass is 544 g/mol. The Morgan fingerprint density at radius 1 is 0.463 bits per heavy atom. The first-order chi connectivity index (χ1) is 20.1. The summed E-state index contributed by atoms with van der Waals surface area (Å²) in [5.41, 5.74) is 6.94. The first-order valence-electron chi connectivity index (χ1n) is 14.1. The third kappa shape index (κ3) is 11.1. The van der Waals surface area contributed by atoms with Crippen molar-refractivity contribution in [1.82, 2.24) is 0 Å². The molecule has 4 nitrogen and oxygen atoms in total. The lowest BCUT2D eigenvalue weighted by Crippen LogP contribution is -2.15. The summed E-state index contributed by atoms with van der Waals surface area (Å²) in [4.78, 5) is 24.0. The number of hydrogen-bond acceptors (Lipinski definition) is 4. The Bertz CT molecular complexity index is 1290. The van der Waals surface area contributed by atoms with E-state index >= 15 is 0 Å². The number of carbonyl (C=O) groups is 2. The molecule has 4 heteroatoms. The fourth-order valence-electron chi connectivity index (χ4n) is 4.25. The molecule has 4 aromatic rings. The highest BCUT2D eigenvalue weighted by molar-refractivity contribution is 5.91. The lowest BCUT2D eigenvalue weighted by atomic mass is 10.1. The van der Waals surface area contributed by atoms with Gasteiger partial charge in [0.15, 0.2) is 0 Å². The van der Waals surface area contributed by atoms with Crippen LogP contribution in [-0.2, 0) is 31.9 Å². The summed E-state index contributed by atoms with van der Waals surface area (Å²) in [5, 5.41) is 0. The van der Waals surface area contributed by atoms with Crippen LogP contribution in [0.25, 0.3) is 24.3 Å². The second-order valence-electron chi connectivity index (χ2n) is 9.80. The molecule has 0 bridgehead atoms. The summed E-state index contributed by atoms with van der Waals surface area (Å²) in [5.74, 6) is -1.09. The predicted molar refractivity (Wildman–Crippen MR) is 167 cm³/mol. The molecule has 0 aliphatic carbocycles. The highest BCUT2D eigenvalue weighted by Crippen LogP contribution is 2.13. The van der Waals surface area contributed by atoms with Gasteiger partial charge in [0.1, 0.15) is 6.42 Å². The maximum Gasteiger partial charge on any atom is 0.317 e. The second-order valence-corrected chi connectivity index (χ2v) is 9.80. The van der Waals surface area contributed by atoms with E-state index in [0.717, 1.165) is 35.1 Å². The van der Waals surface area contributed by atoms with Gasteiger partial charge >= 0.3 is 11.9 Å². The Morgan fingerprint density at radius 3 is 1.17 bits per heavy atom. The molecule has 208 valence electrons. The van der Waals surface area contributed by atoms with Gasteiger partial charge in [-0.3, -0.25) is 9.59 Å². The molecule has 0 saturated heterocycles. The Hall–Kier alpha value is -4.70. The molecule has 4 aromatic carbocycles. The van der Waals surface area contributed by atoms with E-state index in [2.05, 4.69) is 97.1 Å². The number of esters is 2. The molecule has 0 unspecified atom stereocenters. The summed E-state index contributed by atoms with van der Waals surface area (Å²) >= 11 is 0. The quantitative estimate of drug-likeness (QED) is 0.0697. The summed E-state index contributed by atoms with van der Waals surface area (Å²) in [7, 11) is 0. The van der Waals surface area contributed by atoms with Crippen molar-refractivity contribution in [2.75, 3.05) is 13.2 Å². The molecule has 0 aliphatic rings. The molecule has 41 heavy (non-hydrogen) atoms. The molecule has 0 saturated carbocycles. The Balaban J connectivity index is 1.05. The number of hydrogen-bond donors (Lipinski definition) is 0. The van der Waals surface area contributed by atoms with E-state index in [4.69, 9.17) is 9.47 Å². The average Bonchev–Trinajstić information content (AvgIpc) is 3.01. The van der Waals surface area contributed by atoms with E-state index in [1.165, 1.54) is 11.1 Å². The van der Waals surface area contributed by atoms with Crippen molar-refractivity contribution >= 4 is 36.2 Å². The molecule has 0 heterocycles. The van der Waals surface area contributed by atoms with Crippen molar-refractivity contribution in [3.8, 4) is 0 Å². The zero-order valence-corrected chi connectivity index (χ0v) is 23.3. The van der Waals surface area contributed by atoms with Crippen LogP contribution >= 0.6 is 0 Å². The van der Waals surface area contributed by atoms with Crippen LogP contribution in [0.4, 0.5) is 0 Å². The topological polar surface area (TPSA) is 52.6 Å². The summed E-state index contributed by atoms with van der Waals surface area (Å²) in [6.45, 7) is 0.552. The number of benzene rings is 4. The fourth-order valence-corrected chi connectivity index (χ4v) is 4.25.